The fourth-order valence-electron chi connectivity index (χ4n) is 1.56. The summed E-state index contributed by atoms with van der Waals surface area (Å²) >= 11 is 0. The molecule has 1 aliphatic rings. The van der Waals surface area contributed by atoms with Gasteiger partial charge >= 0.3 is 0 Å². The lowest BCUT2D eigenvalue weighted by Crippen LogP contribution is -2.45. The summed E-state index contributed by atoms with van der Waals surface area (Å²) in [4.78, 5) is 0. The summed E-state index contributed by atoms with van der Waals surface area (Å²) in [5.74, 6) is 0.514. The van der Waals surface area contributed by atoms with Gasteiger partial charge in [0.05, 0.1) is 6.10 Å². The summed E-state index contributed by atoms with van der Waals surface area (Å²) in [5.41, 5.74) is 0. The third-order valence-corrected chi connectivity index (χ3v) is 2.46. The molecule has 0 amide bonds. The number of hydrogen-bond donors (Lipinski definition) is 2. The van der Waals surface area contributed by atoms with Crippen molar-refractivity contribution in [2.45, 2.75) is 38.8 Å². The molecular formula is C8H17NO. The van der Waals surface area contributed by atoms with E-state index in [1.807, 2.05) is 0 Å². The molecule has 0 bridgehead atoms. The van der Waals surface area contributed by atoms with Crippen molar-refractivity contribution in [2.24, 2.45) is 5.92 Å². The lowest BCUT2D eigenvalue weighted by Gasteiger charge is -2.37. The van der Waals surface area contributed by atoms with E-state index in [1.165, 1.54) is 6.42 Å². The lowest BCUT2D eigenvalue weighted by molar-refractivity contribution is 0.00637. The summed E-state index contributed by atoms with van der Waals surface area (Å²) in [5, 5.41) is 12.6. The van der Waals surface area contributed by atoms with E-state index >= 15 is 0 Å². The molecule has 1 aliphatic carbocycles. The quantitative estimate of drug-likeness (QED) is 0.611. The highest BCUT2D eigenvalue weighted by atomic mass is 16.3. The Kier molecular flexibility index (Phi) is 2.69. The van der Waals surface area contributed by atoms with Crippen LogP contribution < -0.4 is 5.32 Å². The molecule has 10 heavy (non-hydrogen) atoms. The Balaban J connectivity index is 2.20. The van der Waals surface area contributed by atoms with Crippen LogP contribution in [0.15, 0.2) is 0 Å². The van der Waals surface area contributed by atoms with Gasteiger partial charge < -0.3 is 10.4 Å². The third-order valence-electron chi connectivity index (χ3n) is 2.46. The molecule has 2 heteroatoms. The van der Waals surface area contributed by atoms with Crippen molar-refractivity contribution >= 4 is 0 Å². The molecular weight excluding hydrogens is 126 g/mol. The molecule has 0 radical (unpaired) electrons. The molecule has 2 nitrogen and oxygen atoms in total. The maximum absolute atomic E-state index is 9.26. The fourth-order valence-corrected chi connectivity index (χ4v) is 1.56. The highest BCUT2D eigenvalue weighted by molar-refractivity contribution is 4.86. The smallest absolute Gasteiger partial charge is 0.0583 e. The molecule has 3 atom stereocenters. The minimum Gasteiger partial charge on any atom is -0.393 e. The first-order chi connectivity index (χ1) is 4.75. The van der Waals surface area contributed by atoms with Crippen LogP contribution in [0, 0.1) is 5.92 Å². The molecule has 0 aromatic heterocycles. The Bertz CT molecular complexity index is 105. The summed E-state index contributed by atoms with van der Waals surface area (Å²) in [6.45, 7) is 5.25. The van der Waals surface area contributed by atoms with E-state index in [0.717, 1.165) is 13.0 Å². The van der Waals surface area contributed by atoms with E-state index in [1.54, 1.807) is 0 Å². The van der Waals surface area contributed by atoms with E-state index in [9.17, 15) is 5.11 Å². The first-order valence-corrected chi connectivity index (χ1v) is 4.17. The van der Waals surface area contributed by atoms with Gasteiger partial charge in [-0.2, -0.15) is 0 Å². The zero-order chi connectivity index (χ0) is 7.56. The molecule has 1 rings (SSSR count). The van der Waals surface area contributed by atoms with Crippen molar-refractivity contribution in [1.29, 1.82) is 0 Å². The molecule has 60 valence electrons. The molecule has 0 aromatic carbocycles. The van der Waals surface area contributed by atoms with Crippen LogP contribution in [0.5, 0.6) is 0 Å². The molecule has 1 fully saturated rings. The van der Waals surface area contributed by atoms with E-state index in [2.05, 4.69) is 19.2 Å². The average molecular weight is 143 g/mol. The van der Waals surface area contributed by atoms with Crippen molar-refractivity contribution in [3.63, 3.8) is 0 Å². The van der Waals surface area contributed by atoms with Gasteiger partial charge in [0.25, 0.3) is 0 Å². The van der Waals surface area contributed by atoms with Gasteiger partial charge in [0.2, 0.25) is 0 Å². The van der Waals surface area contributed by atoms with Gasteiger partial charge in [0, 0.05) is 6.04 Å². The Labute approximate surface area is 62.6 Å². The van der Waals surface area contributed by atoms with Crippen molar-refractivity contribution in [1.82, 2.24) is 5.32 Å². The van der Waals surface area contributed by atoms with Crippen LogP contribution in [0.4, 0.5) is 0 Å². The number of aliphatic hydroxyl groups is 1. The maximum Gasteiger partial charge on any atom is 0.0583 e. The standard InChI is InChI=1S/C8H17NO/c1-3-9-6(2)7-4-5-8(7)10/h6-10H,3-5H2,1-2H3. The SMILES string of the molecule is CCNC(C)C1CCC1O. The number of hydrogen-bond acceptors (Lipinski definition) is 2. The highest BCUT2D eigenvalue weighted by Gasteiger charge is 2.32. The van der Waals surface area contributed by atoms with Gasteiger partial charge in [-0.15, -0.1) is 0 Å². The topological polar surface area (TPSA) is 32.3 Å². The van der Waals surface area contributed by atoms with Crippen LogP contribution in [0.2, 0.25) is 0 Å². The zero-order valence-electron chi connectivity index (χ0n) is 6.80. The first kappa shape index (κ1) is 8.02. The molecule has 3 unspecified atom stereocenters. The van der Waals surface area contributed by atoms with Gasteiger partial charge in [0.15, 0.2) is 0 Å². The molecule has 0 aliphatic heterocycles. The monoisotopic (exact) mass is 143 g/mol. The Morgan fingerprint density at radius 3 is 2.60 bits per heavy atom. The molecule has 0 spiro atoms. The van der Waals surface area contributed by atoms with Crippen LogP contribution in [-0.4, -0.2) is 23.8 Å². The van der Waals surface area contributed by atoms with Crippen LogP contribution >= 0.6 is 0 Å². The van der Waals surface area contributed by atoms with Gasteiger partial charge in [-0.05, 0) is 32.2 Å². The van der Waals surface area contributed by atoms with Crippen LogP contribution in [0.25, 0.3) is 0 Å². The van der Waals surface area contributed by atoms with Gasteiger partial charge in [-0.25, -0.2) is 0 Å². The normalized spacial score (nSPS) is 35.1. The summed E-state index contributed by atoms with van der Waals surface area (Å²) in [7, 11) is 0. The number of rotatable bonds is 3. The van der Waals surface area contributed by atoms with Gasteiger partial charge in [-0.1, -0.05) is 6.92 Å². The largest absolute Gasteiger partial charge is 0.393 e. The maximum atomic E-state index is 9.26. The van der Waals surface area contributed by atoms with Crippen molar-refractivity contribution in [3.05, 3.63) is 0 Å². The van der Waals surface area contributed by atoms with E-state index < -0.39 is 0 Å². The molecule has 1 saturated carbocycles. The van der Waals surface area contributed by atoms with Crippen LogP contribution in [0.3, 0.4) is 0 Å². The van der Waals surface area contributed by atoms with Gasteiger partial charge in [-0.3, -0.25) is 0 Å². The predicted molar refractivity (Wildman–Crippen MR) is 41.9 cm³/mol. The number of aliphatic hydroxyl groups excluding tert-OH is 1. The van der Waals surface area contributed by atoms with Crippen LogP contribution in [-0.2, 0) is 0 Å². The Morgan fingerprint density at radius 2 is 2.30 bits per heavy atom. The highest BCUT2D eigenvalue weighted by Crippen LogP contribution is 2.29. The second-order valence-corrected chi connectivity index (χ2v) is 3.15. The lowest BCUT2D eigenvalue weighted by atomic mass is 9.77. The van der Waals surface area contributed by atoms with Gasteiger partial charge in [0.1, 0.15) is 0 Å². The second kappa shape index (κ2) is 3.35. The minimum atomic E-state index is -0.0333. The average Bonchev–Trinajstić information content (AvgIpc) is 1.85. The van der Waals surface area contributed by atoms with E-state index in [-0.39, 0.29) is 6.10 Å². The molecule has 0 saturated heterocycles. The Morgan fingerprint density at radius 1 is 1.60 bits per heavy atom. The molecule has 2 N–H and O–H groups in total. The predicted octanol–water partition coefficient (Wildman–Crippen LogP) is 0.755. The van der Waals surface area contributed by atoms with Crippen molar-refractivity contribution in [3.8, 4) is 0 Å². The van der Waals surface area contributed by atoms with Crippen LogP contribution in [0.1, 0.15) is 26.7 Å². The summed E-state index contributed by atoms with van der Waals surface area (Å²) < 4.78 is 0. The Hall–Kier alpha value is -0.0800. The number of nitrogens with one attached hydrogen (secondary N) is 1. The third kappa shape index (κ3) is 1.50. The molecule has 0 aromatic rings. The minimum absolute atomic E-state index is 0.0333. The van der Waals surface area contributed by atoms with Crippen molar-refractivity contribution < 1.29 is 5.11 Å². The summed E-state index contributed by atoms with van der Waals surface area (Å²) in [6.07, 6.45) is 2.16. The van der Waals surface area contributed by atoms with Crippen molar-refractivity contribution in [2.75, 3.05) is 6.54 Å². The first-order valence-electron chi connectivity index (χ1n) is 4.17. The van der Waals surface area contributed by atoms with E-state index in [0.29, 0.717) is 12.0 Å². The van der Waals surface area contributed by atoms with E-state index in [4.69, 9.17) is 0 Å². The zero-order valence-corrected chi connectivity index (χ0v) is 6.80. The molecule has 0 heterocycles. The summed E-state index contributed by atoms with van der Waals surface area (Å²) in [6, 6.07) is 0.494. The fraction of sp³-hybridized carbons (Fsp3) is 1.00. The second-order valence-electron chi connectivity index (χ2n) is 3.15.